The maximum Gasteiger partial charge on any atom is 0.246 e. The van der Waals surface area contributed by atoms with E-state index in [2.05, 4.69) is 15.6 Å². The molecule has 140 valence electrons. The number of carbonyl (C=O) groups is 1. The molecule has 2 N–H and O–H groups in total. The number of amides is 1. The predicted molar refractivity (Wildman–Crippen MR) is 111 cm³/mol. The van der Waals surface area contributed by atoms with Crippen molar-refractivity contribution in [3.63, 3.8) is 0 Å². The van der Waals surface area contributed by atoms with Crippen molar-refractivity contribution in [2.45, 2.75) is 19.5 Å². The first-order valence-electron chi connectivity index (χ1n) is 9.27. The number of imidazole rings is 1. The van der Waals surface area contributed by atoms with E-state index in [0.29, 0.717) is 6.54 Å². The van der Waals surface area contributed by atoms with Crippen molar-refractivity contribution in [3.05, 3.63) is 102 Å². The molecule has 0 saturated carbocycles. The van der Waals surface area contributed by atoms with Crippen LogP contribution in [-0.4, -0.2) is 15.3 Å². The molecule has 4 rings (SSSR count). The average molecular weight is 370 g/mol. The van der Waals surface area contributed by atoms with Crippen LogP contribution in [0.15, 0.2) is 85.2 Å². The number of fused-ring (bicyclic) bond motifs is 1. The molecule has 0 saturated heterocycles. The van der Waals surface area contributed by atoms with Crippen molar-refractivity contribution < 1.29 is 4.79 Å². The average Bonchev–Trinajstić information content (AvgIpc) is 3.13. The first-order chi connectivity index (χ1) is 13.7. The van der Waals surface area contributed by atoms with E-state index in [4.69, 9.17) is 0 Å². The zero-order valence-electron chi connectivity index (χ0n) is 15.7. The Kier molecular flexibility index (Phi) is 5.17. The van der Waals surface area contributed by atoms with Crippen LogP contribution in [0.25, 0.3) is 5.65 Å². The van der Waals surface area contributed by atoms with Crippen LogP contribution in [0, 0.1) is 6.92 Å². The van der Waals surface area contributed by atoms with Gasteiger partial charge in [-0.3, -0.25) is 10.1 Å². The molecular weight excluding hydrogens is 348 g/mol. The van der Waals surface area contributed by atoms with Gasteiger partial charge in [0.05, 0.1) is 5.69 Å². The number of rotatable bonds is 6. The SMILES string of the molecule is Cc1ccc(NC(=O)C(NCc2cn3ccccc3n2)c2ccccc2)cc1. The van der Waals surface area contributed by atoms with Crippen LogP contribution in [0.3, 0.4) is 0 Å². The minimum atomic E-state index is -0.479. The molecular formula is C23H22N4O. The molecule has 2 heterocycles. The lowest BCUT2D eigenvalue weighted by molar-refractivity contribution is -0.118. The summed E-state index contributed by atoms with van der Waals surface area (Å²) in [7, 11) is 0. The summed E-state index contributed by atoms with van der Waals surface area (Å²) in [4.78, 5) is 17.6. The number of hydrogen-bond donors (Lipinski definition) is 2. The van der Waals surface area contributed by atoms with E-state index in [0.717, 1.165) is 28.2 Å². The van der Waals surface area contributed by atoms with Gasteiger partial charge in [-0.15, -0.1) is 0 Å². The second-order valence-corrected chi connectivity index (χ2v) is 6.78. The maximum absolute atomic E-state index is 13.0. The minimum Gasteiger partial charge on any atom is -0.324 e. The van der Waals surface area contributed by atoms with Gasteiger partial charge in [0.1, 0.15) is 11.7 Å². The molecule has 1 unspecified atom stereocenters. The molecule has 28 heavy (non-hydrogen) atoms. The number of hydrogen-bond acceptors (Lipinski definition) is 3. The molecule has 2 aromatic heterocycles. The Morgan fingerprint density at radius 3 is 2.50 bits per heavy atom. The minimum absolute atomic E-state index is 0.0983. The fourth-order valence-electron chi connectivity index (χ4n) is 3.14. The topological polar surface area (TPSA) is 58.4 Å². The zero-order chi connectivity index (χ0) is 19.3. The van der Waals surface area contributed by atoms with Crippen LogP contribution in [0.1, 0.15) is 22.9 Å². The molecule has 0 aliphatic rings. The quantitative estimate of drug-likeness (QED) is 0.537. The van der Waals surface area contributed by atoms with Gasteiger partial charge in [-0.2, -0.15) is 0 Å². The lowest BCUT2D eigenvalue weighted by atomic mass is 10.1. The highest BCUT2D eigenvalue weighted by Gasteiger charge is 2.20. The maximum atomic E-state index is 13.0. The second kappa shape index (κ2) is 8.06. The Balaban J connectivity index is 1.53. The Morgan fingerprint density at radius 1 is 1.00 bits per heavy atom. The molecule has 0 radical (unpaired) electrons. The lowest BCUT2D eigenvalue weighted by Gasteiger charge is -2.18. The van der Waals surface area contributed by atoms with E-state index in [1.165, 1.54) is 0 Å². The molecule has 1 amide bonds. The zero-order valence-corrected chi connectivity index (χ0v) is 15.7. The highest BCUT2D eigenvalue weighted by molar-refractivity contribution is 5.95. The molecule has 5 nitrogen and oxygen atoms in total. The summed E-state index contributed by atoms with van der Waals surface area (Å²) < 4.78 is 1.97. The van der Waals surface area contributed by atoms with Crippen LogP contribution >= 0.6 is 0 Å². The van der Waals surface area contributed by atoms with Crippen LogP contribution in [0.4, 0.5) is 5.69 Å². The second-order valence-electron chi connectivity index (χ2n) is 6.78. The number of aromatic nitrogens is 2. The van der Waals surface area contributed by atoms with Crippen LogP contribution in [0.5, 0.6) is 0 Å². The number of pyridine rings is 1. The largest absolute Gasteiger partial charge is 0.324 e. The first kappa shape index (κ1) is 17.9. The standard InChI is InChI=1S/C23H22N4O/c1-17-10-12-19(13-11-17)26-23(28)22(18-7-3-2-4-8-18)24-15-20-16-27-14-6-5-9-21(27)25-20/h2-14,16,22,24H,15H2,1H3,(H,26,28). The van der Waals surface area contributed by atoms with Crippen LogP contribution in [0.2, 0.25) is 0 Å². The number of aryl methyl sites for hydroxylation is 1. The summed E-state index contributed by atoms with van der Waals surface area (Å²) in [5, 5.41) is 6.36. The van der Waals surface area contributed by atoms with Gasteiger partial charge in [0.15, 0.2) is 0 Å². The van der Waals surface area contributed by atoms with Crippen molar-refractivity contribution in [2.75, 3.05) is 5.32 Å². The van der Waals surface area contributed by atoms with E-state index in [1.807, 2.05) is 96.5 Å². The molecule has 0 aliphatic carbocycles. The van der Waals surface area contributed by atoms with E-state index < -0.39 is 6.04 Å². The van der Waals surface area contributed by atoms with Gasteiger partial charge in [0.25, 0.3) is 0 Å². The first-order valence-corrected chi connectivity index (χ1v) is 9.27. The Morgan fingerprint density at radius 2 is 1.75 bits per heavy atom. The summed E-state index contributed by atoms with van der Waals surface area (Å²) >= 11 is 0. The molecule has 0 bridgehead atoms. The van der Waals surface area contributed by atoms with Crippen molar-refractivity contribution in [2.24, 2.45) is 0 Å². The van der Waals surface area contributed by atoms with Crippen molar-refractivity contribution in [1.29, 1.82) is 0 Å². The predicted octanol–water partition coefficient (Wildman–Crippen LogP) is 4.11. The van der Waals surface area contributed by atoms with Gasteiger partial charge >= 0.3 is 0 Å². The molecule has 2 aromatic carbocycles. The lowest BCUT2D eigenvalue weighted by Crippen LogP contribution is -2.32. The van der Waals surface area contributed by atoms with Crippen molar-refractivity contribution in [3.8, 4) is 0 Å². The van der Waals surface area contributed by atoms with Gasteiger partial charge in [0.2, 0.25) is 5.91 Å². The third-order valence-electron chi connectivity index (χ3n) is 4.62. The Hall–Kier alpha value is -3.44. The van der Waals surface area contributed by atoms with Gasteiger partial charge in [-0.1, -0.05) is 54.1 Å². The summed E-state index contributed by atoms with van der Waals surface area (Å²) in [6.45, 7) is 2.51. The fraction of sp³-hybridized carbons (Fsp3) is 0.130. The van der Waals surface area contributed by atoms with E-state index in [9.17, 15) is 4.79 Å². The number of nitrogens with one attached hydrogen (secondary N) is 2. The summed E-state index contributed by atoms with van der Waals surface area (Å²) in [5.74, 6) is -0.0983. The number of benzene rings is 2. The van der Waals surface area contributed by atoms with Crippen LogP contribution in [-0.2, 0) is 11.3 Å². The Bertz CT molecular complexity index is 1040. The molecule has 1 atom stereocenters. The fourth-order valence-corrected chi connectivity index (χ4v) is 3.14. The third kappa shape index (κ3) is 4.10. The molecule has 0 aliphatic heterocycles. The summed E-state index contributed by atoms with van der Waals surface area (Å²) in [5.41, 5.74) is 4.62. The summed E-state index contributed by atoms with van der Waals surface area (Å²) in [6, 6.07) is 22.9. The highest BCUT2D eigenvalue weighted by atomic mass is 16.2. The molecule has 5 heteroatoms. The molecule has 0 spiro atoms. The van der Waals surface area contributed by atoms with Gasteiger partial charge in [-0.05, 0) is 36.8 Å². The van der Waals surface area contributed by atoms with E-state index in [-0.39, 0.29) is 5.91 Å². The number of anilines is 1. The van der Waals surface area contributed by atoms with Crippen molar-refractivity contribution >= 4 is 17.2 Å². The molecule has 4 aromatic rings. The highest BCUT2D eigenvalue weighted by Crippen LogP contribution is 2.17. The summed E-state index contributed by atoms with van der Waals surface area (Å²) in [6.07, 6.45) is 3.94. The number of nitrogens with zero attached hydrogens (tertiary/aromatic N) is 2. The smallest absolute Gasteiger partial charge is 0.246 e. The van der Waals surface area contributed by atoms with E-state index >= 15 is 0 Å². The van der Waals surface area contributed by atoms with Gasteiger partial charge < -0.3 is 9.72 Å². The van der Waals surface area contributed by atoms with Crippen LogP contribution < -0.4 is 10.6 Å². The van der Waals surface area contributed by atoms with Gasteiger partial charge in [-0.25, -0.2) is 4.98 Å². The number of carbonyl (C=O) groups excluding carboxylic acids is 1. The molecule has 0 fully saturated rings. The van der Waals surface area contributed by atoms with E-state index in [1.54, 1.807) is 0 Å². The third-order valence-corrected chi connectivity index (χ3v) is 4.62. The van der Waals surface area contributed by atoms with Gasteiger partial charge in [0, 0.05) is 24.6 Å². The normalized spacial score (nSPS) is 12.0. The van der Waals surface area contributed by atoms with Crippen molar-refractivity contribution in [1.82, 2.24) is 14.7 Å². The monoisotopic (exact) mass is 370 g/mol. The Labute approximate surface area is 164 Å².